The zero-order valence-corrected chi connectivity index (χ0v) is 19.1. The van der Waals surface area contributed by atoms with Gasteiger partial charge in [-0.25, -0.2) is 13.4 Å². The predicted molar refractivity (Wildman–Crippen MR) is 118 cm³/mol. The molecule has 11 heteroatoms. The lowest BCUT2D eigenvalue weighted by Crippen LogP contribution is -2.38. The third-order valence-corrected chi connectivity index (χ3v) is 7.96. The minimum Gasteiger partial charge on any atom is -0.379 e. The van der Waals surface area contributed by atoms with Gasteiger partial charge < -0.3 is 14.0 Å². The highest BCUT2D eigenvalue weighted by Gasteiger charge is 2.33. The summed E-state index contributed by atoms with van der Waals surface area (Å²) in [5.74, 6) is 1.22. The second-order valence-corrected chi connectivity index (χ2v) is 9.79. The van der Waals surface area contributed by atoms with E-state index in [4.69, 9.17) is 9.47 Å². The monoisotopic (exact) mass is 465 g/mol. The van der Waals surface area contributed by atoms with Crippen molar-refractivity contribution in [3.05, 3.63) is 36.4 Å². The van der Waals surface area contributed by atoms with Gasteiger partial charge in [0.15, 0.2) is 0 Å². The van der Waals surface area contributed by atoms with Gasteiger partial charge in [0.1, 0.15) is 21.8 Å². The van der Waals surface area contributed by atoms with E-state index < -0.39 is 10.0 Å². The number of rotatable bonds is 10. The van der Waals surface area contributed by atoms with Gasteiger partial charge in [-0.1, -0.05) is 6.07 Å². The Balaban J connectivity index is 1.36. The molecule has 3 aromatic rings. The predicted octanol–water partition coefficient (Wildman–Crippen LogP) is 2.51. The zero-order chi connectivity index (χ0) is 21.7. The molecule has 0 saturated carbocycles. The van der Waals surface area contributed by atoms with Crippen molar-refractivity contribution in [3.63, 3.8) is 0 Å². The van der Waals surface area contributed by atoms with E-state index in [1.807, 2.05) is 13.1 Å². The van der Waals surface area contributed by atoms with Crippen molar-refractivity contribution in [2.75, 3.05) is 39.5 Å². The second kappa shape index (κ2) is 10.1. The fourth-order valence-electron chi connectivity index (χ4n) is 3.88. The molecule has 0 aliphatic carbocycles. The molecule has 168 valence electrons. The Morgan fingerprint density at radius 2 is 1.94 bits per heavy atom. The van der Waals surface area contributed by atoms with Crippen LogP contribution >= 0.6 is 11.7 Å². The highest BCUT2D eigenvalue weighted by atomic mass is 32.2. The summed E-state index contributed by atoms with van der Waals surface area (Å²) in [7, 11) is -3.61. The van der Waals surface area contributed by atoms with Gasteiger partial charge in [0.05, 0.1) is 31.5 Å². The van der Waals surface area contributed by atoms with Crippen LogP contribution in [0.15, 0.2) is 35.5 Å². The van der Waals surface area contributed by atoms with Gasteiger partial charge in [-0.05, 0) is 31.9 Å². The van der Waals surface area contributed by atoms with E-state index in [1.54, 1.807) is 28.7 Å². The van der Waals surface area contributed by atoms with Crippen LogP contribution in [-0.4, -0.2) is 70.5 Å². The number of nitrogens with zero attached hydrogens (tertiary/aromatic N) is 5. The molecule has 0 radical (unpaired) electrons. The Kier molecular flexibility index (Phi) is 7.28. The summed E-state index contributed by atoms with van der Waals surface area (Å²) >= 11 is 1.03. The van der Waals surface area contributed by atoms with Gasteiger partial charge in [0.2, 0.25) is 10.0 Å². The number of hydrogen-bond donors (Lipinski definition) is 0. The van der Waals surface area contributed by atoms with Crippen LogP contribution in [0.4, 0.5) is 0 Å². The van der Waals surface area contributed by atoms with Crippen LogP contribution in [0.2, 0.25) is 0 Å². The van der Waals surface area contributed by atoms with Crippen molar-refractivity contribution < 1.29 is 17.9 Å². The lowest BCUT2D eigenvalue weighted by Gasteiger charge is -2.31. The molecule has 1 fully saturated rings. The third-order valence-electron chi connectivity index (χ3n) is 5.49. The summed E-state index contributed by atoms with van der Waals surface area (Å²) in [6.07, 6.45) is 5.22. The van der Waals surface area contributed by atoms with Gasteiger partial charge in [-0.15, -0.1) is 0 Å². The van der Waals surface area contributed by atoms with Gasteiger partial charge >= 0.3 is 0 Å². The minimum atomic E-state index is -3.61. The Labute approximate surface area is 186 Å². The summed E-state index contributed by atoms with van der Waals surface area (Å²) < 4.78 is 49.4. The van der Waals surface area contributed by atoms with Gasteiger partial charge in [0, 0.05) is 44.6 Å². The Morgan fingerprint density at radius 3 is 2.74 bits per heavy atom. The fourth-order valence-corrected chi connectivity index (χ4v) is 6.10. The van der Waals surface area contributed by atoms with Crippen molar-refractivity contribution in [2.45, 2.75) is 37.1 Å². The van der Waals surface area contributed by atoms with Crippen molar-refractivity contribution in [2.24, 2.45) is 0 Å². The summed E-state index contributed by atoms with van der Waals surface area (Å²) in [5.41, 5.74) is 1.07. The van der Waals surface area contributed by atoms with E-state index in [-0.39, 0.29) is 10.8 Å². The maximum absolute atomic E-state index is 13.2. The van der Waals surface area contributed by atoms with Crippen LogP contribution < -0.4 is 0 Å². The van der Waals surface area contributed by atoms with Gasteiger partial charge in [-0.2, -0.15) is 13.1 Å². The van der Waals surface area contributed by atoms with Crippen molar-refractivity contribution in [1.82, 2.24) is 22.6 Å². The van der Waals surface area contributed by atoms with Crippen molar-refractivity contribution in [1.29, 1.82) is 0 Å². The van der Waals surface area contributed by atoms with Crippen molar-refractivity contribution in [3.8, 4) is 0 Å². The molecule has 1 aliphatic heterocycles. The molecule has 1 aliphatic rings. The Morgan fingerprint density at radius 1 is 1.13 bits per heavy atom. The lowest BCUT2D eigenvalue weighted by atomic mass is 9.97. The van der Waals surface area contributed by atoms with E-state index in [0.29, 0.717) is 50.6 Å². The molecule has 31 heavy (non-hydrogen) atoms. The topological polar surface area (TPSA) is 99.4 Å². The van der Waals surface area contributed by atoms with E-state index in [0.717, 1.165) is 36.9 Å². The van der Waals surface area contributed by atoms with E-state index in [9.17, 15) is 8.42 Å². The van der Waals surface area contributed by atoms with Crippen LogP contribution in [0, 0.1) is 0 Å². The molecular weight excluding hydrogens is 438 g/mol. The number of piperidine rings is 1. The number of hydrogen-bond acceptors (Lipinski definition) is 8. The first kappa shape index (κ1) is 22.3. The molecule has 0 amide bonds. The number of ether oxygens (including phenoxy) is 2. The molecule has 0 N–H and O–H groups in total. The summed E-state index contributed by atoms with van der Waals surface area (Å²) in [6, 6.07) is 5.12. The molecule has 2 aromatic heterocycles. The Hall–Kier alpha value is -1.92. The van der Waals surface area contributed by atoms with Gasteiger partial charge in [0.25, 0.3) is 0 Å². The average molecular weight is 466 g/mol. The first-order valence-electron chi connectivity index (χ1n) is 10.5. The van der Waals surface area contributed by atoms with Crippen LogP contribution in [0.3, 0.4) is 0 Å². The average Bonchev–Trinajstić information content (AvgIpc) is 3.45. The molecule has 0 spiro atoms. The summed E-state index contributed by atoms with van der Waals surface area (Å²) in [6.45, 7) is 6.07. The number of sulfonamides is 1. The molecule has 0 unspecified atom stereocenters. The SMILES string of the molecule is CCOCCOCCn1ccnc1C1CCN(S(=O)(=O)c2cccc3nsnc23)CC1. The van der Waals surface area contributed by atoms with Gasteiger partial charge in [-0.3, -0.25) is 0 Å². The lowest BCUT2D eigenvalue weighted by molar-refractivity contribution is 0.0493. The van der Waals surface area contributed by atoms with Crippen LogP contribution in [-0.2, 0) is 26.0 Å². The first-order chi connectivity index (χ1) is 15.1. The van der Waals surface area contributed by atoms with Crippen molar-refractivity contribution >= 4 is 32.8 Å². The number of aromatic nitrogens is 4. The smallest absolute Gasteiger partial charge is 0.245 e. The number of imidazole rings is 1. The maximum atomic E-state index is 13.2. The van der Waals surface area contributed by atoms with Crippen LogP contribution in [0.25, 0.3) is 11.0 Å². The van der Waals surface area contributed by atoms with E-state index in [2.05, 4.69) is 18.3 Å². The largest absolute Gasteiger partial charge is 0.379 e. The number of benzene rings is 1. The fraction of sp³-hybridized carbons (Fsp3) is 0.550. The highest BCUT2D eigenvalue weighted by Crippen LogP contribution is 2.31. The zero-order valence-electron chi connectivity index (χ0n) is 17.5. The third kappa shape index (κ3) is 4.96. The number of fused-ring (bicyclic) bond motifs is 1. The van der Waals surface area contributed by atoms with E-state index in [1.165, 1.54) is 0 Å². The highest BCUT2D eigenvalue weighted by molar-refractivity contribution is 7.89. The summed E-state index contributed by atoms with van der Waals surface area (Å²) in [5, 5.41) is 0. The maximum Gasteiger partial charge on any atom is 0.245 e. The summed E-state index contributed by atoms with van der Waals surface area (Å²) in [4.78, 5) is 4.78. The molecule has 1 saturated heterocycles. The normalized spacial score (nSPS) is 16.3. The van der Waals surface area contributed by atoms with E-state index >= 15 is 0 Å². The molecule has 0 atom stereocenters. The second-order valence-electron chi connectivity index (χ2n) is 7.35. The molecular formula is C20H27N5O4S2. The molecule has 1 aromatic carbocycles. The minimum absolute atomic E-state index is 0.224. The Bertz CT molecular complexity index is 1090. The standard InChI is InChI=1S/C20H27N5O4S2/c1-2-28-14-15-29-13-12-24-11-8-21-20(24)16-6-9-25(10-7-16)31(26,27)18-5-3-4-17-19(18)23-30-22-17/h3-5,8,11,16H,2,6-7,9-10,12-15H2,1H3. The van der Waals surface area contributed by atoms with Crippen LogP contribution in [0.5, 0.6) is 0 Å². The molecule has 9 nitrogen and oxygen atoms in total. The van der Waals surface area contributed by atoms with Crippen LogP contribution in [0.1, 0.15) is 31.5 Å². The quantitative estimate of drug-likeness (QED) is 0.424. The molecule has 4 rings (SSSR count). The first-order valence-corrected chi connectivity index (χ1v) is 12.7. The molecule has 3 heterocycles. The molecule has 0 bridgehead atoms.